The molecule has 2 aliphatic heterocycles. The number of hydrogen-bond acceptors (Lipinski definition) is 3. The maximum absolute atomic E-state index is 13.9. The summed E-state index contributed by atoms with van der Waals surface area (Å²) < 4.78 is 27.8. The monoisotopic (exact) mass is 442 g/mol. The Labute approximate surface area is 186 Å². The molecule has 1 fully saturated rings. The quantitative estimate of drug-likeness (QED) is 0.725. The topological polar surface area (TPSA) is 55.9 Å². The summed E-state index contributed by atoms with van der Waals surface area (Å²) >= 11 is 0. The number of piperazine rings is 1. The first kappa shape index (κ1) is 22.2. The van der Waals surface area contributed by atoms with Crippen molar-refractivity contribution in [1.29, 1.82) is 0 Å². The van der Waals surface area contributed by atoms with E-state index in [4.69, 9.17) is 0 Å². The van der Waals surface area contributed by atoms with Gasteiger partial charge in [0, 0.05) is 45.8 Å². The molecule has 0 atom stereocenters. The maximum Gasteiger partial charge on any atom is 0.317 e. The van der Waals surface area contributed by atoms with Gasteiger partial charge in [0.1, 0.15) is 17.2 Å². The van der Waals surface area contributed by atoms with Crippen molar-refractivity contribution in [2.75, 3.05) is 45.8 Å². The minimum absolute atomic E-state index is 0.0400. The molecule has 1 saturated heterocycles. The third-order valence-corrected chi connectivity index (χ3v) is 6.18. The number of fused-ring (bicyclic) bond motifs is 1. The predicted octanol–water partition coefficient (Wildman–Crippen LogP) is 2.88. The fourth-order valence-electron chi connectivity index (χ4n) is 4.31. The van der Waals surface area contributed by atoms with E-state index in [0.29, 0.717) is 39.3 Å². The number of carbonyl (C=O) groups excluding carboxylic acids is 2. The highest BCUT2D eigenvalue weighted by atomic mass is 19.1. The molecule has 4 rings (SSSR count). The summed E-state index contributed by atoms with van der Waals surface area (Å²) in [5.41, 5.74) is 2.03. The number of amides is 3. The Kier molecular flexibility index (Phi) is 6.99. The summed E-state index contributed by atoms with van der Waals surface area (Å²) in [6.07, 6.45) is 1.68. The van der Waals surface area contributed by atoms with Crippen LogP contribution in [0, 0.1) is 11.6 Å². The van der Waals surface area contributed by atoms with Gasteiger partial charge in [0.2, 0.25) is 0 Å². The number of nitrogens with one attached hydrogen (secondary N) is 1. The molecule has 8 heteroatoms. The number of benzene rings is 2. The number of halogens is 2. The van der Waals surface area contributed by atoms with Gasteiger partial charge in [-0.2, -0.15) is 0 Å². The van der Waals surface area contributed by atoms with E-state index in [-0.39, 0.29) is 6.03 Å². The molecule has 0 saturated carbocycles. The van der Waals surface area contributed by atoms with Crippen LogP contribution in [0.2, 0.25) is 0 Å². The summed E-state index contributed by atoms with van der Waals surface area (Å²) in [5.74, 6) is -2.26. The minimum atomic E-state index is -0.828. The van der Waals surface area contributed by atoms with Gasteiger partial charge in [-0.05, 0) is 42.6 Å². The van der Waals surface area contributed by atoms with Crippen LogP contribution in [0.15, 0.2) is 42.5 Å². The van der Waals surface area contributed by atoms with E-state index in [1.807, 2.05) is 17.0 Å². The first-order chi connectivity index (χ1) is 15.5. The second-order valence-corrected chi connectivity index (χ2v) is 8.26. The highest BCUT2D eigenvalue weighted by Crippen LogP contribution is 2.18. The molecule has 0 radical (unpaired) electrons. The van der Waals surface area contributed by atoms with Crippen LogP contribution in [-0.2, 0) is 13.0 Å². The van der Waals surface area contributed by atoms with E-state index in [2.05, 4.69) is 22.3 Å². The number of rotatable bonds is 5. The third-order valence-electron chi connectivity index (χ3n) is 6.18. The molecule has 0 unspecified atom stereocenters. The molecule has 0 bridgehead atoms. The van der Waals surface area contributed by atoms with Crippen molar-refractivity contribution in [3.05, 3.63) is 70.8 Å². The highest BCUT2D eigenvalue weighted by Gasteiger charge is 2.26. The SMILES string of the molecule is O=C(NCCCN1CCN(C(=O)c2c(F)cccc2F)CC1)N1CCc2ccccc2C1. The van der Waals surface area contributed by atoms with Crippen LogP contribution < -0.4 is 5.32 Å². The lowest BCUT2D eigenvalue weighted by Gasteiger charge is -2.35. The number of nitrogens with zero attached hydrogens (tertiary/aromatic N) is 3. The smallest absolute Gasteiger partial charge is 0.317 e. The lowest BCUT2D eigenvalue weighted by Crippen LogP contribution is -2.49. The van der Waals surface area contributed by atoms with Gasteiger partial charge < -0.3 is 15.1 Å². The Morgan fingerprint density at radius 1 is 0.844 bits per heavy atom. The van der Waals surface area contributed by atoms with Crippen molar-refractivity contribution in [1.82, 2.24) is 20.0 Å². The maximum atomic E-state index is 13.9. The van der Waals surface area contributed by atoms with E-state index in [0.717, 1.165) is 38.1 Å². The zero-order chi connectivity index (χ0) is 22.5. The minimum Gasteiger partial charge on any atom is -0.338 e. The van der Waals surface area contributed by atoms with Crippen molar-refractivity contribution in [2.45, 2.75) is 19.4 Å². The van der Waals surface area contributed by atoms with E-state index in [1.54, 1.807) is 0 Å². The van der Waals surface area contributed by atoms with E-state index < -0.39 is 23.1 Å². The van der Waals surface area contributed by atoms with Gasteiger partial charge in [-0.15, -0.1) is 0 Å². The average Bonchev–Trinajstić information content (AvgIpc) is 2.81. The van der Waals surface area contributed by atoms with Gasteiger partial charge in [-0.3, -0.25) is 9.69 Å². The van der Waals surface area contributed by atoms with Crippen LogP contribution in [-0.4, -0.2) is 72.5 Å². The molecule has 2 aromatic rings. The first-order valence-electron chi connectivity index (χ1n) is 11.1. The summed E-state index contributed by atoms with van der Waals surface area (Å²) in [6, 6.07) is 11.6. The molecular formula is C24H28F2N4O2. The second-order valence-electron chi connectivity index (χ2n) is 8.26. The normalized spacial score (nSPS) is 16.6. The van der Waals surface area contributed by atoms with Crippen LogP contribution in [0.5, 0.6) is 0 Å². The van der Waals surface area contributed by atoms with Crippen LogP contribution in [0.1, 0.15) is 27.9 Å². The summed E-state index contributed by atoms with van der Waals surface area (Å²) in [6.45, 7) is 4.85. The van der Waals surface area contributed by atoms with Crippen LogP contribution >= 0.6 is 0 Å². The zero-order valence-corrected chi connectivity index (χ0v) is 18.0. The number of urea groups is 1. The van der Waals surface area contributed by atoms with Gasteiger partial charge in [0.05, 0.1) is 0 Å². The molecule has 32 heavy (non-hydrogen) atoms. The van der Waals surface area contributed by atoms with Gasteiger partial charge >= 0.3 is 6.03 Å². The van der Waals surface area contributed by atoms with Crippen molar-refractivity contribution in [3.63, 3.8) is 0 Å². The molecule has 6 nitrogen and oxygen atoms in total. The van der Waals surface area contributed by atoms with Crippen LogP contribution in [0.3, 0.4) is 0 Å². The van der Waals surface area contributed by atoms with Crippen molar-refractivity contribution < 1.29 is 18.4 Å². The fourth-order valence-corrected chi connectivity index (χ4v) is 4.31. The molecule has 2 heterocycles. The Bertz CT molecular complexity index is 956. The van der Waals surface area contributed by atoms with Crippen LogP contribution in [0.4, 0.5) is 13.6 Å². The Balaban J connectivity index is 1.16. The molecule has 2 aromatic carbocycles. The van der Waals surface area contributed by atoms with Crippen molar-refractivity contribution >= 4 is 11.9 Å². The van der Waals surface area contributed by atoms with Gasteiger partial charge in [-0.25, -0.2) is 13.6 Å². The Morgan fingerprint density at radius 3 is 2.25 bits per heavy atom. The molecule has 0 aromatic heterocycles. The van der Waals surface area contributed by atoms with Crippen molar-refractivity contribution in [3.8, 4) is 0 Å². The first-order valence-corrected chi connectivity index (χ1v) is 11.1. The van der Waals surface area contributed by atoms with Crippen LogP contribution in [0.25, 0.3) is 0 Å². The lowest BCUT2D eigenvalue weighted by molar-refractivity contribution is 0.0626. The predicted molar refractivity (Wildman–Crippen MR) is 117 cm³/mol. The van der Waals surface area contributed by atoms with Crippen molar-refractivity contribution in [2.24, 2.45) is 0 Å². The molecule has 1 N–H and O–H groups in total. The van der Waals surface area contributed by atoms with Gasteiger partial charge in [0.25, 0.3) is 5.91 Å². The fraction of sp³-hybridized carbons (Fsp3) is 0.417. The molecule has 2 aliphatic rings. The van der Waals surface area contributed by atoms with E-state index in [9.17, 15) is 18.4 Å². The highest BCUT2D eigenvalue weighted by molar-refractivity contribution is 5.94. The number of hydrogen-bond donors (Lipinski definition) is 1. The second kappa shape index (κ2) is 10.1. The molecule has 0 spiro atoms. The summed E-state index contributed by atoms with van der Waals surface area (Å²) in [7, 11) is 0. The summed E-state index contributed by atoms with van der Waals surface area (Å²) in [5, 5.41) is 3.00. The molecule has 3 amide bonds. The van der Waals surface area contributed by atoms with Gasteiger partial charge in [0.15, 0.2) is 0 Å². The summed E-state index contributed by atoms with van der Waals surface area (Å²) in [4.78, 5) is 30.5. The largest absolute Gasteiger partial charge is 0.338 e. The average molecular weight is 443 g/mol. The molecule has 170 valence electrons. The standard InChI is InChI=1S/C24H28F2N4O2/c25-20-7-3-8-21(26)22(20)23(31)29-15-13-28(14-16-29)11-4-10-27-24(32)30-12-9-18-5-1-2-6-19(18)17-30/h1-3,5-8H,4,9-17H2,(H,27,32). The Morgan fingerprint density at radius 2 is 1.53 bits per heavy atom. The third kappa shape index (κ3) is 5.07. The zero-order valence-electron chi connectivity index (χ0n) is 18.0. The lowest BCUT2D eigenvalue weighted by atomic mass is 10.0. The van der Waals surface area contributed by atoms with E-state index >= 15 is 0 Å². The van der Waals surface area contributed by atoms with Gasteiger partial charge in [-0.1, -0.05) is 30.3 Å². The molecular weight excluding hydrogens is 414 g/mol. The molecule has 0 aliphatic carbocycles. The van der Waals surface area contributed by atoms with E-state index in [1.165, 1.54) is 22.1 Å². The number of carbonyl (C=O) groups is 2. The Hall–Kier alpha value is -3.00.